The van der Waals surface area contributed by atoms with Crippen molar-refractivity contribution >= 4 is 23.2 Å². The minimum absolute atomic E-state index is 0.276. The van der Waals surface area contributed by atoms with Crippen LogP contribution < -0.4 is 5.32 Å². The second-order valence-corrected chi connectivity index (χ2v) is 5.84. The molecule has 2 rings (SSSR count). The van der Waals surface area contributed by atoms with E-state index < -0.39 is 0 Å². The van der Waals surface area contributed by atoms with E-state index in [1.54, 1.807) is 0 Å². The maximum atomic E-state index is 6.27. The van der Waals surface area contributed by atoms with Crippen molar-refractivity contribution in [2.24, 2.45) is 0 Å². The van der Waals surface area contributed by atoms with Crippen molar-refractivity contribution < 1.29 is 0 Å². The summed E-state index contributed by atoms with van der Waals surface area (Å²) in [5.74, 6) is 0. The summed E-state index contributed by atoms with van der Waals surface area (Å²) >= 11 is 12.3. The van der Waals surface area contributed by atoms with E-state index in [2.05, 4.69) is 30.3 Å². The molecule has 1 aromatic carbocycles. The number of nitrogens with one attached hydrogen (secondary N) is 1. The molecule has 1 fully saturated rings. The first-order chi connectivity index (χ1) is 8.59. The van der Waals surface area contributed by atoms with Crippen LogP contribution in [0, 0.1) is 0 Å². The zero-order valence-corrected chi connectivity index (χ0v) is 12.4. The molecule has 4 heteroatoms. The molecule has 1 aliphatic rings. The number of halogens is 2. The molecule has 1 aromatic rings. The molecule has 2 atom stereocenters. The molecule has 1 aliphatic heterocycles. The summed E-state index contributed by atoms with van der Waals surface area (Å²) in [6.07, 6.45) is 2.55. The van der Waals surface area contributed by atoms with Crippen molar-refractivity contribution in [2.75, 3.05) is 20.1 Å². The van der Waals surface area contributed by atoms with Crippen LogP contribution in [0.25, 0.3) is 0 Å². The lowest BCUT2D eigenvalue weighted by molar-refractivity contribution is 0.238. The van der Waals surface area contributed by atoms with Gasteiger partial charge in [-0.25, -0.2) is 0 Å². The van der Waals surface area contributed by atoms with Crippen molar-refractivity contribution in [2.45, 2.75) is 31.8 Å². The van der Waals surface area contributed by atoms with Gasteiger partial charge in [0.1, 0.15) is 0 Å². The Morgan fingerprint density at radius 3 is 2.89 bits per heavy atom. The van der Waals surface area contributed by atoms with Crippen LogP contribution in [0.1, 0.15) is 31.4 Å². The summed E-state index contributed by atoms with van der Waals surface area (Å²) < 4.78 is 0. The molecule has 0 aromatic heterocycles. The van der Waals surface area contributed by atoms with Gasteiger partial charge in [0.25, 0.3) is 0 Å². The van der Waals surface area contributed by atoms with E-state index in [-0.39, 0.29) is 6.04 Å². The zero-order chi connectivity index (χ0) is 13.1. The van der Waals surface area contributed by atoms with Crippen LogP contribution in [0.15, 0.2) is 18.2 Å². The molecule has 18 heavy (non-hydrogen) atoms. The van der Waals surface area contributed by atoms with Gasteiger partial charge < -0.3 is 5.32 Å². The van der Waals surface area contributed by atoms with Crippen LogP contribution in [0.4, 0.5) is 0 Å². The van der Waals surface area contributed by atoms with Gasteiger partial charge in [0.2, 0.25) is 0 Å². The van der Waals surface area contributed by atoms with Gasteiger partial charge in [0, 0.05) is 18.6 Å². The van der Waals surface area contributed by atoms with Gasteiger partial charge in [-0.2, -0.15) is 0 Å². The molecule has 0 bridgehead atoms. The second kappa shape index (κ2) is 6.25. The lowest BCUT2D eigenvalue weighted by Gasteiger charge is -2.28. The summed E-state index contributed by atoms with van der Waals surface area (Å²) in [5, 5.41) is 4.83. The third-order valence-electron chi connectivity index (χ3n) is 3.76. The van der Waals surface area contributed by atoms with E-state index >= 15 is 0 Å². The molecule has 1 N–H and O–H groups in total. The van der Waals surface area contributed by atoms with Gasteiger partial charge in [-0.3, -0.25) is 4.90 Å². The fourth-order valence-corrected chi connectivity index (χ4v) is 2.96. The minimum atomic E-state index is 0.276. The lowest BCUT2D eigenvalue weighted by Crippen LogP contribution is -2.36. The Labute approximate surface area is 119 Å². The van der Waals surface area contributed by atoms with Gasteiger partial charge in [-0.05, 0) is 45.0 Å². The van der Waals surface area contributed by atoms with Crippen molar-refractivity contribution in [1.29, 1.82) is 0 Å². The molecule has 0 spiro atoms. The third-order valence-corrected chi connectivity index (χ3v) is 4.60. The minimum Gasteiger partial charge on any atom is -0.313 e. The smallest absolute Gasteiger partial charge is 0.0640 e. The van der Waals surface area contributed by atoms with Gasteiger partial charge in [-0.15, -0.1) is 0 Å². The summed E-state index contributed by atoms with van der Waals surface area (Å²) in [6, 6.07) is 6.73. The largest absolute Gasteiger partial charge is 0.313 e. The van der Waals surface area contributed by atoms with Gasteiger partial charge in [0.05, 0.1) is 10.0 Å². The molecular formula is C14H20Cl2N2. The fourth-order valence-electron chi connectivity index (χ4n) is 2.50. The number of hydrogen-bond donors (Lipinski definition) is 1. The lowest BCUT2D eigenvalue weighted by atomic mass is 10.1. The number of likely N-dealkylation sites (N-methyl/N-ethyl adjacent to an activating group) is 1. The van der Waals surface area contributed by atoms with E-state index in [0.717, 1.165) is 18.7 Å². The molecule has 0 aliphatic carbocycles. The first-order valence-corrected chi connectivity index (χ1v) is 7.22. The maximum Gasteiger partial charge on any atom is 0.0640 e. The van der Waals surface area contributed by atoms with Crippen molar-refractivity contribution in [3.05, 3.63) is 33.8 Å². The predicted molar refractivity (Wildman–Crippen MR) is 78.5 cm³/mol. The monoisotopic (exact) mass is 286 g/mol. The molecule has 100 valence electrons. The summed E-state index contributed by atoms with van der Waals surface area (Å²) in [4.78, 5) is 2.33. The fraction of sp³-hybridized carbons (Fsp3) is 0.571. The van der Waals surface area contributed by atoms with Crippen LogP contribution >= 0.6 is 23.2 Å². The highest BCUT2D eigenvalue weighted by Crippen LogP contribution is 2.32. The van der Waals surface area contributed by atoms with E-state index in [0.29, 0.717) is 16.1 Å². The zero-order valence-electron chi connectivity index (χ0n) is 10.9. The number of nitrogens with zero attached hydrogens (tertiary/aromatic N) is 1. The highest BCUT2D eigenvalue weighted by atomic mass is 35.5. The molecule has 2 unspecified atom stereocenters. The van der Waals surface area contributed by atoms with Crippen LogP contribution in [0.3, 0.4) is 0 Å². The predicted octanol–water partition coefficient (Wildman–Crippen LogP) is 3.74. The van der Waals surface area contributed by atoms with Gasteiger partial charge in [-0.1, -0.05) is 35.3 Å². The molecular weight excluding hydrogens is 267 g/mol. The summed E-state index contributed by atoms with van der Waals surface area (Å²) in [6.45, 7) is 4.36. The Kier molecular flexibility index (Phi) is 4.91. The Hall–Kier alpha value is -0.280. The Morgan fingerprint density at radius 2 is 2.22 bits per heavy atom. The van der Waals surface area contributed by atoms with Gasteiger partial charge >= 0.3 is 0 Å². The highest BCUT2D eigenvalue weighted by molar-refractivity contribution is 6.42. The molecule has 0 radical (unpaired) electrons. The standard InChI is InChI=1S/C14H20Cl2N2/c1-10(12-6-3-7-13(15)14(12)16)18(2)9-11-5-4-8-17-11/h3,6-7,10-11,17H,4-5,8-9H2,1-2H3. The van der Waals surface area contributed by atoms with Crippen LogP contribution in [0.2, 0.25) is 10.0 Å². The molecule has 1 heterocycles. The van der Waals surface area contributed by atoms with Crippen molar-refractivity contribution in [1.82, 2.24) is 10.2 Å². The Balaban J connectivity index is 2.05. The van der Waals surface area contributed by atoms with E-state index in [1.165, 1.54) is 12.8 Å². The highest BCUT2D eigenvalue weighted by Gasteiger charge is 2.21. The Morgan fingerprint density at radius 1 is 1.44 bits per heavy atom. The normalized spacial score (nSPS) is 21.5. The molecule has 1 saturated heterocycles. The topological polar surface area (TPSA) is 15.3 Å². The molecule has 0 saturated carbocycles. The van der Waals surface area contributed by atoms with Crippen molar-refractivity contribution in [3.8, 4) is 0 Å². The SMILES string of the molecule is CC(c1cccc(Cl)c1Cl)N(C)CC1CCCN1. The first kappa shape index (κ1) is 14.1. The number of hydrogen-bond acceptors (Lipinski definition) is 2. The quantitative estimate of drug-likeness (QED) is 0.907. The van der Waals surface area contributed by atoms with Crippen molar-refractivity contribution in [3.63, 3.8) is 0 Å². The molecule has 0 amide bonds. The molecule has 2 nitrogen and oxygen atoms in total. The summed E-state index contributed by atoms with van der Waals surface area (Å²) in [5.41, 5.74) is 1.10. The van der Waals surface area contributed by atoms with E-state index in [9.17, 15) is 0 Å². The maximum absolute atomic E-state index is 6.27. The van der Waals surface area contributed by atoms with E-state index in [1.807, 2.05) is 12.1 Å². The van der Waals surface area contributed by atoms with Crippen LogP contribution in [-0.4, -0.2) is 31.1 Å². The average molecular weight is 287 g/mol. The number of benzene rings is 1. The van der Waals surface area contributed by atoms with Crippen LogP contribution in [-0.2, 0) is 0 Å². The van der Waals surface area contributed by atoms with Gasteiger partial charge in [0.15, 0.2) is 0 Å². The summed E-state index contributed by atoms with van der Waals surface area (Å²) in [7, 11) is 2.14. The first-order valence-electron chi connectivity index (χ1n) is 6.47. The third kappa shape index (κ3) is 3.18. The number of rotatable bonds is 4. The second-order valence-electron chi connectivity index (χ2n) is 5.05. The van der Waals surface area contributed by atoms with E-state index in [4.69, 9.17) is 23.2 Å². The van der Waals surface area contributed by atoms with Crippen LogP contribution in [0.5, 0.6) is 0 Å². The average Bonchev–Trinajstić information content (AvgIpc) is 2.84. The Bertz CT molecular complexity index is 403.